The highest BCUT2D eigenvalue weighted by Crippen LogP contribution is 2.22. The summed E-state index contributed by atoms with van der Waals surface area (Å²) >= 11 is 0. The van der Waals surface area contributed by atoms with Gasteiger partial charge in [-0.2, -0.15) is 0 Å². The van der Waals surface area contributed by atoms with Gasteiger partial charge in [0.1, 0.15) is 5.75 Å². The summed E-state index contributed by atoms with van der Waals surface area (Å²) in [6.45, 7) is 6.95. The molecule has 3 aromatic rings. The summed E-state index contributed by atoms with van der Waals surface area (Å²) in [6, 6.07) is 19.3. The van der Waals surface area contributed by atoms with E-state index in [4.69, 9.17) is 4.74 Å². The highest BCUT2D eigenvalue weighted by atomic mass is 16.5. The minimum Gasteiger partial charge on any atom is -0.497 e. The van der Waals surface area contributed by atoms with Crippen molar-refractivity contribution in [2.45, 2.75) is 13.8 Å². The third-order valence-electron chi connectivity index (χ3n) is 6.09. The van der Waals surface area contributed by atoms with Crippen molar-refractivity contribution in [1.29, 1.82) is 0 Å². The number of hydrogen-bond acceptors (Lipinski definition) is 4. The van der Waals surface area contributed by atoms with Crippen LogP contribution in [0.15, 0.2) is 60.7 Å². The number of carbonyl (C=O) groups is 2. The Morgan fingerprint density at radius 1 is 0.906 bits per heavy atom. The molecule has 6 heteroatoms. The fourth-order valence-corrected chi connectivity index (χ4v) is 4.36. The molecule has 0 N–H and O–H groups in total. The van der Waals surface area contributed by atoms with E-state index in [0.29, 0.717) is 44.0 Å². The number of hydrogen-bond donors (Lipinski definition) is 0. The van der Waals surface area contributed by atoms with Crippen LogP contribution in [0.25, 0.3) is 5.69 Å². The number of methoxy groups -OCH3 is 1. The van der Waals surface area contributed by atoms with Crippen LogP contribution in [0.1, 0.15) is 32.1 Å². The minimum absolute atomic E-state index is 0.00119. The van der Waals surface area contributed by atoms with Crippen LogP contribution < -0.4 is 4.74 Å². The Hall–Kier alpha value is -3.38. The van der Waals surface area contributed by atoms with Gasteiger partial charge in [-0.05, 0) is 50.2 Å². The number of ketones is 1. The van der Waals surface area contributed by atoms with E-state index in [1.165, 1.54) is 0 Å². The molecule has 0 radical (unpaired) electrons. The van der Waals surface area contributed by atoms with Crippen molar-refractivity contribution in [2.24, 2.45) is 0 Å². The molecule has 0 saturated carbocycles. The van der Waals surface area contributed by atoms with Crippen LogP contribution in [-0.2, 0) is 0 Å². The molecular formula is C26H29N3O3. The van der Waals surface area contributed by atoms with E-state index in [1.807, 2.05) is 73.3 Å². The number of carbonyl (C=O) groups excluding carboxylic acids is 2. The van der Waals surface area contributed by atoms with Crippen LogP contribution in [0.2, 0.25) is 0 Å². The second kappa shape index (κ2) is 9.40. The first-order valence-corrected chi connectivity index (χ1v) is 10.9. The Morgan fingerprint density at radius 3 is 2.31 bits per heavy atom. The van der Waals surface area contributed by atoms with Gasteiger partial charge < -0.3 is 14.2 Å². The predicted molar refractivity (Wildman–Crippen MR) is 125 cm³/mol. The van der Waals surface area contributed by atoms with Crippen LogP contribution in [0.5, 0.6) is 5.75 Å². The Balaban J connectivity index is 1.38. The summed E-state index contributed by atoms with van der Waals surface area (Å²) in [6.07, 6.45) is 0. The average molecular weight is 432 g/mol. The lowest BCUT2D eigenvalue weighted by atomic mass is 10.1. The Morgan fingerprint density at radius 2 is 1.62 bits per heavy atom. The van der Waals surface area contributed by atoms with Gasteiger partial charge >= 0.3 is 0 Å². The topological polar surface area (TPSA) is 54.8 Å². The molecule has 0 aliphatic carbocycles. The molecule has 32 heavy (non-hydrogen) atoms. The molecule has 6 nitrogen and oxygen atoms in total. The van der Waals surface area contributed by atoms with E-state index in [9.17, 15) is 9.59 Å². The van der Waals surface area contributed by atoms with Crippen molar-refractivity contribution in [1.82, 2.24) is 14.4 Å². The standard InChI is InChI=1S/C26H29N3O3/c1-19-16-24(20(2)29(19)22-9-5-4-6-10-22)25(30)18-27-12-14-28(15-13-27)26(31)21-8-7-11-23(17-21)32-3/h4-11,16-17H,12-15,18H2,1-3H3. The van der Waals surface area contributed by atoms with Crippen molar-refractivity contribution in [3.63, 3.8) is 0 Å². The Bertz CT molecular complexity index is 1110. The zero-order valence-electron chi connectivity index (χ0n) is 18.9. The van der Waals surface area contributed by atoms with Gasteiger partial charge in [-0.3, -0.25) is 14.5 Å². The molecule has 0 atom stereocenters. The molecule has 1 fully saturated rings. The number of aryl methyl sites for hydroxylation is 1. The maximum Gasteiger partial charge on any atom is 0.254 e. The Labute approximate surface area is 189 Å². The van der Waals surface area contributed by atoms with E-state index >= 15 is 0 Å². The first kappa shape index (κ1) is 21.8. The van der Waals surface area contributed by atoms with Gasteiger partial charge in [0.15, 0.2) is 5.78 Å². The number of amides is 1. The quantitative estimate of drug-likeness (QED) is 0.558. The van der Waals surface area contributed by atoms with Crippen molar-refractivity contribution in [3.8, 4) is 11.4 Å². The lowest BCUT2D eigenvalue weighted by molar-refractivity contribution is 0.0624. The minimum atomic E-state index is 0.00119. The number of ether oxygens (including phenoxy) is 1. The van der Waals surface area contributed by atoms with Crippen LogP contribution in [-0.4, -0.2) is 65.9 Å². The van der Waals surface area contributed by atoms with Crippen molar-refractivity contribution >= 4 is 11.7 Å². The molecule has 2 heterocycles. The first-order chi connectivity index (χ1) is 15.5. The molecule has 1 saturated heterocycles. The zero-order valence-corrected chi connectivity index (χ0v) is 18.9. The van der Waals surface area contributed by atoms with Gasteiger partial charge in [-0.1, -0.05) is 24.3 Å². The maximum atomic E-state index is 13.1. The summed E-state index contributed by atoms with van der Waals surface area (Å²) < 4.78 is 7.35. The van der Waals surface area contributed by atoms with Crippen LogP contribution in [0.3, 0.4) is 0 Å². The van der Waals surface area contributed by atoms with E-state index < -0.39 is 0 Å². The summed E-state index contributed by atoms with van der Waals surface area (Å²) in [5.74, 6) is 0.794. The third-order valence-corrected chi connectivity index (χ3v) is 6.09. The van der Waals surface area contributed by atoms with Crippen molar-refractivity contribution < 1.29 is 14.3 Å². The predicted octanol–water partition coefficient (Wildman–Crippen LogP) is 3.74. The number of Topliss-reactive ketones (excluding diaryl/α,β-unsaturated/α-hetero) is 1. The van der Waals surface area contributed by atoms with Gasteiger partial charge in [0.2, 0.25) is 0 Å². The number of para-hydroxylation sites is 1. The third kappa shape index (κ3) is 4.46. The number of benzene rings is 2. The molecule has 1 aliphatic heterocycles. The monoisotopic (exact) mass is 431 g/mol. The molecule has 4 rings (SSSR count). The van der Waals surface area contributed by atoms with Crippen LogP contribution in [0.4, 0.5) is 0 Å². The molecular weight excluding hydrogens is 402 g/mol. The first-order valence-electron chi connectivity index (χ1n) is 10.9. The SMILES string of the molecule is COc1cccc(C(=O)N2CCN(CC(=O)c3cc(C)n(-c4ccccc4)c3C)CC2)c1. The molecule has 0 spiro atoms. The molecule has 1 aromatic heterocycles. The number of nitrogens with zero attached hydrogens (tertiary/aromatic N) is 3. The highest BCUT2D eigenvalue weighted by molar-refractivity contribution is 5.99. The lowest BCUT2D eigenvalue weighted by Gasteiger charge is -2.34. The molecule has 166 valence electrons. The molecule has 1 aliphatic rings. The van der Waals surface area contributed by atoms with Crippen molar-refractivity contribution in [2.75, 3.05) is 39.8 Å². The fourth-order valence-electron chi connectivity index (χ4n) is 4.36. The second-order valence-electron chi connectivity index (χ2n) is 8.18. The largest absolute Gasteiger partial charge is 0.497 e. The summed E-state index contributed by atoms with van der Waals surface area (Å²) in [5.41, 5.74) is 4.46. The molecule has 2 aromatic carbocycles. The zero-order chi connectivity index (χ0) is 22.7. The number of piperazine rings is 1. The summed E-state index contributed by atoms with van der Waals surface area (Å²) in [7, 11) is 1.59. The fraction of sp³-hybridized carbons (Fsp3) is 0.308. The smallest absolute Gasteiger partial charge is 0.254 e. The van der Waals surface area contributed by atoms with Crippen LogP contribution >= 0.6 is 0 Å². The van der Waals surface area contributed by atoms with Gasteiger partial charge in [0, 0.05) is 54.4 Å². The number of aromatic nitrogens is 1. The normalized spacial score (nSPS) is 14.4. The maximum absolute atomic E-state index is 13.1. The van der Waals surface area contributed by atoms with E-state index in [0.717, 1.165) is 22.6 Å². The molecule has 1 amide bonds. The second-order valence-corrected chi connectivity index (χ2v) is 8.18. The van der Waals surface area contributed by atoms with Crippen LogP contribution in [0, 0.1) is 13.8 Å². The van der Waals surface area contributed by atoms with Gasteiger partial charge in [0.25, 0.3) is 5.91 Å². The van der Waals surface area contributed by atoms with E-state index in [1.54, 1.807) is 13.2 Å². The number of rotatable bonds is 6. The lowest BCUT2D eigenvalue weighted by Crippen LogP contribution is -2.49. The molecule has 0 unspecified atom stereocenters. The summed E-state index contributed by atoms with van der Waals surface area (Å²) in [5, 5.41) is 0. The summed E-state index contributed by atoms with van der Waals surface area (Å²) in [4.78, 5) is 29.9. The van der Waals surface area contributed by atoms with Gasteiger partial charge in [0.05, 0.1) is 13.7 Å². The average Bonchev–Trinajstić information content (AvgIpc) is 3.13. The highest BCUT2D eigenvalue weighted by Gasteiger charge is 2.25. The molecule has 0 bridgehead atoms. The van der Waals surface area contributed by atoms with Gasteiger partial charge in [-0.15, -0.1) is 0 Å². The Kier molecular flexibility index (Phi) is 6.42. The van der Waals surface area contributed by atoms with E-state index in [2.05, 4.69) is 9.47 Å². The van der Waals surface area contributed by atoms with Gasteiger partial charge in [-0.25, -0.2) is 0 Å². The van der Waals surface area contributed by atoms with E-state index in [-0.39, 0.29) is 11.7 Å². The van der Waals surface area contributed by atoms with Crippen molar-refractivity contribution in [3.05, 3.63) is 83.2 Å².